The van der Waals surface area contributed by atoms with Gasteiger partial charge < -0.3 is 14.7 Å². The van der Waals surface area contributed by atoms with E-state index in [9.17, 15) is 14.9 Å². The van der Waals surface area contributed by atoms with E-state index in [0.29, 0.717) is 24.4 Å². The standard InChI is InChI=1S/C20H23N5O5S/c1-12-10-20(2,3)24(7-5-6-18(26)27)15-9-16(30-4)14(8-13(12)15)22-23-19-21-11-17(31-19)25(28)29/h8-11H,5-7H2,1-4H3,(H,26,27). The molecule has 0 atom stereocenters. The number of rotatable bonds is 8. The molecule has 0 saturated carbocycles. The highest BCUT2D eigenvalue weighted by atomic mass is 32.1. The fraction of sp³-hybridized carbons (Fsp3) is 0.400. The van der Waals surface area contributed by atoms with Gasteiger partial charge in [0.15, 0.2) is 0 Å². The number of methoxy groups -OCH3 is 1. The van der Waals surface area contributed by atoms with Crippen LogP contribution in [0.1, 0.15) is 39.2 Å². The van der Waals surface area contributed by atoms with Gasteiger partial charge in [-0.15, -0.1) is 10.2 Å². The van der Waals surface area contributed by atoms with Gasteiger partial charge in [0.05, 0.1) is 17.6 Å². The van der Waals surface area contributed by atoms with Gasteiger partial charge in [-0.2, -0.15) is 0 Å². The van der Waals surface area contributed by atoms with Crippen molar-refractivity contribution in [3.05, 3.63) is 40.1 Å². The van der Waals surface area contributed by atoms with E-state index in [4.69, 9.17) is 9.84 Å². The Morgan fingerprint density at radius 2 is 2.13 bits per heavy atom. The van der Waals surface area contributed by atoms with Crippen LogP contribution in [0.15, 0.2) is 34.6 Å². The number of anilines is 1. The van der Waals surface area contributed by atoms with E-state index in [1.807, 2.05) is 19.1 Å². The maximum absolute atomic E-state index is 11.0. The number of ether oxygens (including phenoxy) is 1. The zero-order chi connectivity index (χ0) is 22.8. The van der Waals surface area contributed by atoms with Gasteiger partial charge in [-0.1, -0.05) is 6.08 Å². The minimum Gasteiger partial charge on any atom is -0.494 e. The quantitative estimate of drug-likeness (QED) is 0.329. The fourth-order valence-corrected chi connectivity index (χ4v) is 4.17. The first-order valence-corrected chi connectivity index (χ1v) is 10.4. The number of allylic oxidation sites excluding steroid dienone is 1. The smallest absolute Gasteiger partial charge is 0.345 e. The molecule has 1 aliphatic rings. The SMILES string of the molecule is COc1cc2c(cc1N=Nc1ncc([N+](=O)[O-])s1)C(C)=CC(C)(C)N2CCCC(=O)O. The summed E-state index contributed by atoms with van der Waals surface area (Å²) in [5.74, 6) is -0.334. The van der Waals surface area contributed by atoms with Crippen LogP contribution in [0, 0.1) is 10.1 Å². The van der Waals surface area contributed by atoms with E-state index in [1.54, 1.807) is 0 Å². The van der Waals surface area contributed by atoms with Crippen LogP contribution in [0.25, 0.3) is 5.57 Å². The second-order valence-electron chi connectivity index (χ2n) is 7.61. The third-order valence-corrected chi connectivity index (χ3v) is 5.79. The molecular weight excluding hydrogens is 422 g/mol. The molecule has 10 nitrogen and oxygen atoms in total. The lowest BCUT2D eigenvalue weighted by Crippen LogP contribution is -2.45. The summed E-state index contributed by atoms with van der Waals surface area (Å²) in [6.07, 6.45) is 3.88. The predicted molar refractivity (Wildman–Crippen MR) is 118 cm³/mol. The van der Waals surface area contributed by atoms with Crippen LogP contribution in [-0.2, 0) is 4.79 Å². The second kappa shape index (κ2) is 8.80. The Hall–Kier alpha value is -3.34. The van der Waals surface area contributed by atoms with Gasteiger partial charge in [-0.3, -0.25) is 14.9 Å². The number of hydrogen-bond donors (Lipinski definition) is 1. The maximum atomic E-state index is 11.0. The molecule has 2 heterocycles. The number of carboxylic acid groups (broad SMARTS) is 1. The summed E-state index contributed by atoms with van der Waals surface area (Å²) in [5.41, 5.74) is 3.09. The molecule has 0 radical (unpaired) electrons. The van der Waals surface area contributed by atoms with E-state index in [2.05, 4.69) is 40.0 Å². The first-order chi connectivity index (χ1) is 14.6. The summed E-state index contributed by atoms with van der Waals surface area (Å²) < 4.78 is 5.52. The normalized spacial score (nSPS) is 15.0. The van der Waals surface area contributed by atoms with Crippen molar-refractivity contribution in [1.82, 2.24) is 4.98 Å². The molecule has 0 fully saturated rings. The highest BCUT2D eigenvalue weighted by molar-refractivity contribution is 7.18. The molecule has 0 amide bonds. The Bertz CT molecular complexity index is 1080. The molecule has 2 aromatic rings. The predicted octanol–water partition coefficient (Wildman–Crippen LogP) is 5.34. The molecule has 1 aromatic carbocycles. The van der Waals surface area contributed by atoms with Gasteiger partial charge in [0, 0.05) is 30.3 Å². The van der Waals surface area contributed by atoms with Crippen molar-refractivity contribution < 1.29 is 19.6 Å². The molecule has 0 unspecified atom stereocenters. The molecule has 0 bridgehead atoms. The molecule has 0 saturated heterocycles. The van der Waals surface area contributed by atoms with E-state index in [0.717, 1.165) is 34.4 Å². The van der Waals surface area contributed by atoms with E-state index in [1.165, 1.54) is 7.11 Å². The van der Waals surface area contributed by atoms with Gasteiger partial charge in [-0.25, -0.2) is 4.98 Å². The molecule has 1 N–H and O–H groups in total. The number of azo groups is 1. The summed E-state index contributed by atoms with van der Waals surface area (Å²) in [7, 11) is 1.53. The Morgan fingerprint density at radius 1 is 1.39 bits per heavy atom. The molecular formula is C20H23N5O5S. The first kappa shape index (κ1) is 22.3. The summed E-state index contributed by atoms with van der Waals surface area (Å²) >= 11 is 0.836. The average Bonchev–Trinajstić information content (AvgIpc) is 3.17. The van der Waals surface area contributed by atoms with Crippen molar-refractivity contribution >= 4 is 44.4 Å². The average molecular weight is 446 g/mol. The monoisotopic (exact) mass is 445 g/mol. The van der Waals surface area contributed by atoms with Crippen molar-refractivity contribution in [2.45, 2.75) is 39.2 Å². The van der Waals surface area contributed by atoms with Gasteiger partial charge in [0.2, 0.25) is 5.13 Å². The highest BCUT2D eigenvalue weighted by Gasteiger charge is 2.32. The molecule has 1 aromatic heterocycles. The molecule has 31 heavy (non-hydrogen) atoms. The van der Waals surface area contributed by atoms with Crippen LogP contribution in [0.5, 0.6) is 5.75 Å². The fourth-order valence-electron chi connectivity index (χ4n) is 3.62. The zero-order valence-corrected chi connectivity index (χ0v) is 18.5. The number of hydrogen-bond acceptors (Lipinski definition) is 9. The van der Waals surface area contributed by atoms with Crippen LogP contribution in [0.4, 0.5) is 21.5 Å². The Morgan fingerprint density at radius 3 is 2.74 bits per heavy atom. The number of aliphatic carboxylic acids is 1. The van der Waals surface area contributed by atoms with E-state index in [-0.39, 0.29) is 22.1 Å². The van der Waals surface area contributed by atoms with Gasteiger partial charge >= 0.3 is 11.0 Å². The van der Waals surface area contributed by atoms with Crippen molar-refractivity contribution in [3.8, 4) is 5.75 Å². The number of thiazole rings is 1. The molecule has 1 aliphatic heterocycles. The topological polar surface area (TPSA) is 131 Å². The van der Waals surface area contributed by atoms with E-state index >= 15 is 0 Å². The summed E-state index contributed by atoms with van der Waals surface area (Å²) in [4.78, 5) is 27.3. The Balaban J connectivity index is 1.98. The second-order valence-corrected chi connectivity index (χ2v) is 8.60. The number of fused-ring (bicyclic) bond motifs is 1. The summed E-state index contributed by atoms with van der Waals surface area (Å²) in [6, 6.07) is 3.72. The van der Waals surface area contributed by atoms with Crippen molar-refractivity contribution in [2.75, 3.05) is 18.6 Å². The lowest BCUT2D eigenvalue weighted by atomic mass is 9.88. The third kappa shape index (κ3) is 4.88. The van der Waals surface area contributed by atoms with Crippen molar-refractivity contribution in [3.63, 3.8) is 0 Å². The first-order valence-electron chi connectivity index (χ1n) is 9.55. The zero-order valence-electron chi connectivity index (χ0n) is 17.7. The minimum absolute atomic E-state index is 0.0913. The lowest BCUT2D eigenvalue weighted by Gasteiger charge is -2.43. The van der Waals surface area contributed by atoms with Crippen LogP contribution in [-0.4, -0.2) is 40.2 Å². The van der Waals surface area contributed by atoms with Crippen LogP contribution in [0.2, 0.25) is 0 Å². The van der Waals surface area contributed by atoms with Crippen molar-refractivity contribution in [2.24, 2.45) is 10.2 Å². The Labute approximate surface area is 183 Å². The highest BCUT2D eigenvalue weighted by Crippen LogP contribution is 2.45. The third-order valence-electron chi connectivity index (χ3n) is 4.96. The Kier molecular flexibility index (Phi) is 6.34. The number of aromatic nitrogens is 1. The van der Waals surface area contributed by atoms with Crippen molar-refractivity contribution in [1.29, 1.82) is 0 Å². The summed E-state index contributed by atoms with van der Waals surface area (Å²) in [6.45, 7) is 6.74. The maximum Gasteiger partial charge on any atom is 0.345 e. The molecule has 3 rings (SSSR count). The molecule has 11 heteroatoms. The number of carboxylic acids is 1. The number of nitrogens with zero attached hydrogens (tertiary/aromatic N) is 5. The van der Waals surface area contributed by atoms with E-state index < -0.39 is 10.9 Å². The van der Waals surface area contributed by atoms with Crippen LogP contribution >= 0.6 is 11.3 Å². The lowest BCUT2D eigenvalue weighted by molar-refractivity contribution is -0.380. The number of nitro groups is 1. The molecule has 0 spiro atoms. The molecule has 0 aliphatic carbocycles. The minimum atomic E-state index is -0.822. The molecule has 164 valence electrons. The number of benzene rings is 1. The number of carbonyl (C=O) groups is 1. The van der Waals surface area contributed by atoms with Gasteiger partial charge in [-0.05, 0) is 50.2 Å². The van der Waals surface area contributed by atoms with Gasteiger partial charge in [0.25, 0.3) is 0 Å². The largest absolute Gasteiger partial charge is 0.494 e. The summed E-state index contributed by atoms with van der Waals surface area (Å²) in [5, 5.41) is 28.1. The van der Waals surface area contributed by atoms with Crippen LogP contribution in [0.3, 0.4) is 0 Å². The van der Waals surface area contributed by atoms with Gasteiger partial charge in [0.1, 0.15) is 17.6 Å². The van der Waals surface area contributed by atoms with Crippen LogP contribution < -0.4 is 9.64 Å².